The monoisotopic (exact) mass is 256 g/mol. The number of rotatable bonds is 5. The minimum absolute atomic E-state index is 0.367. The van der Waals surface area contributed by atoms with Crippen molar-refractivity contribution in [2.75, 3.05) is 19.8 Å². The maximum atomic E-state index is 9.31. The van der Waals surface area contributed by atoms with E-state index in [0.29, 0.717) is 38.0 Å². The molecule has 1 aliphatic heterocycles. The molecule has 2 rings (SSSR count). The van der Waals surface area contributed by atoms with Crippen LogP contribution in [-0.2, 0) is 21.5 Å². The van der Waals surface area contributed by atoms with Crippen molar-refractivity contribution in [2.24, 2.45) is 0 Å². The highest BCUT2D eigenvalue weighted by Gasteiger charge is 2.39. The molecule has 1 N–H and O–H groups in total. The third-order valence-corrected chi connectivity index (χ3v) is 3.07. The summed E-state index contributed by atoms with van der Waals surface area (Å²) in [5.41, 5.74) is -0.493. The summed E-state index contributed by atoms with van der Waals surface area (Å²) in [6.45, 7) is 5.52. The van der Waals surface area contributed by atoms with Gasteiger partial charge in [-0.1, -0.05) is 5.16 Å². The Hall–Kier alpha value is -0.980. The van der Waals surface area contributed by atoms with Crippen LogP contribution in [0.3, 0.4) is 0 Å². The molecule has 18 heavy (non-hydrogen) atoms. The summed E-state index contributed by atoms with van der Waals surface area (Å²) in [5.74, 6) is 1.02. The number of nitrogens with zero attached hydrogens (tertiary/aromatic N) is 2. The highest BCUT2D eigenvalue weighted by molar-refractivity contribution is 5.03. The molecule has 1 saturated heterocycles. The minimum atomic E-state index is -0.493. The van der Waals surface area contributed by atoms with E-state index in [2.05, 4.69) is 10.1 Å². The van der Waals surface area contributed by atoms with Crippen molar-refractivity contribution in [1.29, 1.82) is 0 Å². The summed E-state index contributed by atoms with van der Waals surface area (Å²) >= 11 is 0. The third-order valence-electron chi connectivity index (χ3n) is 3.07. The summed E-state index contributed by atoms with van der Waals surface area (Å²) in [6, 6.07) is 0. The molecular weight excluding hydrogens is 236 g/mol. The van der Waals surface area contributed by atoms with Crippen molar-refractivity contribution in [3.8, 4) is 0 Å². The lowest BCUT2D eigenvalue weighted by molar-refractivity contribution is -0.118. The van der Waals surface area contributed by atoms with Gasteiger partial charge in [0, 0.05) is 32.7 Å². The molecule has 0 spiro atoms. The molecule has 1 fully saturated rings. The van der Waals surface area contributed by atoms with Gasteiger partial charge in [0.2, 0.25) is 11.7 Å². The van der Waals surface area contributed by atoms with Crippen molar-refractivity contribution >= 4 is 0 Å². The van der Waals surface area contributed by atoms with Gasteiger partial charge >= 0.3 is 0 Å². The second-order valence-corrected chi connectivity index (χ2v) is 4.60. The fourth-order valence-corrected chi connectivity index (χ4v) is 2.19. The van der Waals surface area contributed by atoms with E-state index >= 15 is 0 Å². The van der Waals surface area contributed by atoms with Crippen LogP contribution in [0.5, 0.6) is 0 Å². The highest BCUT2D eigenvalue weighted by atomic mass is 16.5. The number of aliphatic hydroxyl groups excluding tert-OH is 1. The maximum absolute atomic E-state index is 9.31. The van der Waals surface area contributed by atoms with Gasteiger partial charge in [-0.3, -0.25) is 0 Å². The normalized spacial score (nSPS) is 20.8. The van der Waals surface area contributed by atoms with E-state index in [9.17, 15) is 5.11 Å². The lowest BCUT2D eigenvalue weighted by Gasteiger charge is -2.33. The molecule has 0 aliphatic carbocycles. The van der Waals surface area contributed by atoms with E-state index in [1.54, 1.807) is 6.92 Å². The van der Waals surface area contributed by atoms with Crippen LogP contribution in [0.4, 0.5) is 0 Å². The van der Waals surface area contributed by atoms with Gasteiger partial charge in [0.25, 0.3) is 0 Å². The number of hydrogen-bond donors (Lipinski definition) is 1. The van der Waals surface area contributed by atoms with Gasteiger partial charge in [0.15, 0.2) is 0 Å². The molecule has 1 aromatic rings. The van der Waals surface area contributed by atoms with Gasteiger partial charge in [-0.2, -0.15) is 4.98 Å². The van der Waals surface area contributed by atoms with Crippen molar-refractivity contribution in [3.63, 3.8) is 0 Å². The largest absolute Gasteiger partial charge is 0.393 e. The number of aliphatic hydroxyl groups is 1. The number of aromatic nitrogens is 2. The van der Waals surface area contributed by atoms with Crippen LogP contribution in [0.2, 0.25) is 0 Å². The fourth-order valence-electron chi connectivity index (χ4n) is 2.19. The van der Waals surface area contributed by atoms with Gasteiger partial charge in [0.05, 0.1) is 12.5 Å². The molecular formula is C12H20N2O4. The van der Waals surface area contributed by atoms with Crippen molar-refractivity contribution in [3.05, 3.63) is 11.7 Å². The molecule has 2 heterocycles. The first-order valence-corrected chi connectivity index (χ1v) is 6.39. The molecule has 0 bridgehead atoms. The van der Waals surface area contributed by atoms with E-state index < -0.39 is 11.7 Å². The molecule has 1 atom stereocenters. The van der Waals surface area contributed by atoms with Gasteiger partial charge in [-0.15, -0.1) is 0 Å². The van der Waals surface area contributed by atoms with Crippen LogP contribution in [0, 0.1) is 0 Å². The average Bonchev–Trinajstić information content (AvgIpc) is 2.79. The van der Waals surface area contributed by atoms with Crippen molar-refractivity contribution < 1.29 is 19.1 Å². The zero-order valence-corrected chi connectivity index (χ0v) is 10.9. The first-order valence-electron chi connectivity index (χ1n) is 6.39. The Morgan fingerprint density at radius 1 is 1.44 bits per heavy atom. The Labute approximate surface area is 106 Å². The smallest absolute Gasteiger partial charge is 0.229 e. The third kappa shape index (κ3) is 2.88. The average molecular weight is 256 g/mol. The topological polar surface area (TPSA) is 77.6 Å². The molecule has 0 radical (unpaired) electrons. The van der Waals surface area contributed by atoms with Crippen molar-refractivity contribution in [2.45, 2.75) is 44.8 Å². The summed E-state index contributed by atoms with van der Waals surface area (Å²) in [7, 11) is 0. The molecule has 0 amide bonds. The van der Waals surface area contributed by atoms with Crippen LogP contribution in [0.25, 0.3) is 0 Å². The van der Waals surface area contributed by atoms with Gasteiger partial charge in [-0.25, -0.2) is 0 Å². The van der Waals surface area contributed by atoms with Crippen LogP contribution in [0.1, 0.15) is 38.4 Å². The van der Waals surface area contributed by atoms with Gasteiger partial charge < -0.3 is 19.1 Å². The molecule has 0 aromatic carbocycles. The number of hydrogen-bond acceptors (Lipinski definition) is 6. The first kappa shape index (κ1) is 13.5. The van der Waals surface area contributed by atoms with Crippen LogP contribution < -0.4 is 0 Å². The van der Waals surface area contributed by atoms with E-state index in [1.165, 1.54) is 0 Å². The summed E-state index contributed by atoms with van der Waals surface area (Å²) < 4.78 is 16.4. The second-order valence-electron chi connectivity index (χ2n) is 4.60. The van der Waals surface area contributed by atoms with E-state index in [-0.39, 0.29) is 0 Å². The second kappa shape index (κ2) is 5.77. The standard InChI is InChI=1S/C12H20N2O4/c1-3-17-12(4-6-16-7-5-12)11-13-10(18-14-11)8-9(2)15/h9,15H,3-8H2,1-2H3. The molecule has 6 heteroatoms. The molecule has 1 aromatic heterocycles. The quantitative estimate of drug-likeness (QED) is 0.848. The predicted molar refractivity (Wildman–Crippen MR) is 63.0 cm³/mol. The zero-order valence-electron chi connectivity index (χ0n) is 10.9. The molecule has 0 saturated carbocycles. The Morgan fingerprint density at radius 2 is 2.17 bits per heavy atom. The summed E-state index contributed by atoms with van der Waals surface area (Å²) in [5, 5.41) is 13.3. The maximum Gasteiger partial charge on any atom is 0.229 e. The molecule has 102 valence electrons. The molecule has 6 nitrogen and oxygen atoms in total. The SMILES string of the molecule is CCOC1(c2noc(CC(C)O)n2)CCOCC1. The molecule has 1 unspecified atom stereocenters. The Morgan fingerprint density at radius 3 is 2.78 bits per heavy atom. The highest BCUT2D eigenvalue weighted by Crippen LogP contribution is 2.34. The van der Waals surface area contributed by atoms with Gasteiger partial charge in [0.1, 0.15) is 5.60 Å². The van der Waals surface area contributed by atoms with E-state index in [4.69, 9.17) is 14.0 Å². The zero-order chi connectivity index (χ0) is 13.0. The fraction of sp³-hybridized carbons (Fsp3) is 0.833. The van der Waals surface area contributed by atoms with E-state index in [0.717, 1.165) is 12.8 Å². The van der Waals surface area contributed by atoms with E-state index in [1.807, 2.05) is 6.92 Å². The van der Waals surface area contributed by atoms with Crippen molar-refractivity contribution in [1.82, 2.24) is 10.1 Å². The Bertz CT molecular complexity index is 366. The predicted octanol–water partition coefficient (Wildman–Crippen LogP) is 1.04. The summed E-state index contributed by atoms with van der Waals surface area (Å²) in [4.78, 5) is 4.35. The van der Waals surface area contributed by atoms with Gasteiger partial charge in [-0.05, 0) is 13.8 Å². The van der Waals surface area contributed by atoms with Crippen LogP contribution in [0.15, 0.2) is 4.52 Å². The lowest BCUT2D eigenvalue weighted by Crippen LogP contribution is -2.37. The Balaban J connectivity index is 2.17. The summed E-state index contributed by atoms with van der Waals surface area (Å²) in [6.07, 6.45) is 1.34. The Kier molecular flexibility index (Phi) is 4.31. The first-order chi connectivity index (χ1) is 8.66. The number of ether oxygens (including phenoxy) is 2. The molecule has 1 aliphatic rings. The van der Waals surface area contributed by atoms with Crippen LogP contribution in [-0.4, -0.2) is 41.2 Å². The van der Waals surface area contributed by atoms with Crippen LogP contribution >= 0.6 is 0 Å². The minimum Gasteiger partial charge on any atom is -0.393 e. The lowest BCUT2D eigenvalue weighted by atomic mass is 9.93.